The Morgan fingerprint density at radius 3 is 2.25 bits per heavy atom. The number of nitrogens with one attached hydrogen (secondary N) is 1. The van der Waals surface area contributed by atoms with E-state index in [4.69, 9.17) is 0 Å². The number of benzene rings is 2. The highest BCUT2D eigenvalue weighted by molar-refractivity contribution is 8.00. The van der Waals surface area contributed by atoms with Gasteiger partial charge >= 0.3 is 0 Å². The summed E-state index contributed by atoms with van der Waals surface area (Å²) in [4.78, 5) is 1.34. The van der Waals surface area contributed by atoms with Crippen molar-refractivity contribution in [2.24, 2.45) is 0 Å². The monoisotopic (exact) mass is 285 g/mol. The Labute approximate surface area is 126 Å². The van der Waals surface area contributed by atoms with Gasteiger partial charge in [-0.2, -0.15) is 0 Å². The van der Waals surface area contributed by atoms with Gasteiger partial charge in [-0.05, 0) is 49.7 Å². The van der Waals surface area contributed by atoms with Crippen molar-refractivity contribution in [1.29, 1.82) is 0 Å². The van der Waals surface area contributed by atoms with E-state index in [-0.39, 0.29) is 0 Å². The molecule has 0 spiro atoms. The first-order valence-electron chi connectivity index (χ1n) is 7.08. The van der Waals surface area contributed by atoms with Gasteiger partial charge in [0, 0.05) is 16.2 Å². The molecule has 0 aromatic heterocycles. The van der Waals surface area contributed by atoms with Gasteiger partial charge in [-0.15, -0.1) is 11.8 Å². The number of hydrogen-bond acceptors (Lipinski definition) is 2. The Morgan fingerprint density at radius 2 is 1.65 bits per heavy atom. The third-order valence-corrected chi connectivity index (χ3v) is 4.91. The van der Waals surface area contributed by atoms with Crippen LogP contribution in [0, 0.1) is 13.8 Å². The molecule has 0 saturated heterocycles. The van der Waals surface area contributed by atoms with Gasteiger partial charge in [-0.3, -0.25) is 0 Å². The second kappa shape index (κ2) is 6.96. The summed E-state index contributed by atoms with van der Waals surface area (Å²) in [5, 5.41) is 3.92. The highest BCUT2D eigenvalue weighted by Crippen LogP contribution is 2.32. The molecule has 0 saturated carbocycles. The van der Waals surface area contributed by atoms with Gasteiger partial charge in [-0.1, -0.05) is 43.3 Å². The Hall–Kier alpha value is -1.25. The molecule has 0 amide bonds. The van der Waals surface area contributed by atoms with Crippen LogP contribution in [0.5, 0.6) is 0 Å². The summed E-state index contributed by atoms with van der Waals surface area (Å²) in [6.45, 7) is 6.62. The summed E-state index contributed by atoms with van der Waals surface area (Å²) < 4.78 is 0. The summed E-state index contributed by atoms with van der Waals surface area (Å²) in [5.41, 5.74) is 4.07. The zero-order chi connectivity index (χ0) is 14.5. The molecule has 2 atom stereocenters. The van der Waals surface area contributed by atoms with E-state index in [1.54, 1.807) is 0 Å². The predicted octanol–water partition coefficient (Wildman–Crippen LogP) is 4.74. The molecule has 106 valence electrons. The van der Waals surface area contributed by atoms with E-state index in [9.17, 15) is 0 Å². The van der Waals surface area contributed by atoms with Crippen LogP contribution in [0.4, 0.5) is 0 Å². The fourth-order valence-electron chi connectivity index (χ4n) is 2.40. The SMILES string of the molecule is CNC(c1ccccc1)C(C)Sc1ccc(C)c(C)c1. The van der Waals surface area contributed by atoms with Crippen molar-refractivity contribution >= 4 is 11.8 Å². The van der Waals surface area contributed by atoms with E-state index in [0.29, 0.717) is 11.3 Å². The number of thioether (sulfide) groups is 1. The van der Waals surface area contributed by atoms with Crippen molar-refractivity contribution in [2.45, 2.75) is 37.0 Å². The highest BCUT2D eigenvalue weighted by atomic mass is 32.2. The maximum absolute atomic E-state index is 3.44. The minimum atomic E-state index is 0.364. The summed E-state index contributed by atoms with van der Waals surface area (Å²) in [6.07, 6.45) is 0. The Bertz CT molecular complexity index is 551. The fourth-order valence-corrected chi connectivity index (χ4v) is 3.65. The van der Waals surface area contributed by atoms with Crippen LogP contribution in [0.1, 0.15) is 29.7 Å². The van der Waals surface area contributed by atoms with Crippen molar-refractivity contribution in [2.75, 3.05) is 7.05 Å². The van der Waals surface area contributed by atoms with Gasteiger partial charge in [0.25, 0.3) is 0 Å². The molecule has 0 fully saturated rings. The molecule has 0 aliphatic heterocycles. The number of hydrogen-bond donors (Lipinski definition) is 1. The maximum atomic E-state index is 3.44. The van der Waals surface area contributed by atoms with Crippen LogP contribution < -0.4 is 5.32 Å². The molecule has 2 rings (SSSR count). The lowest BCUT2D eigenvalue weighted by Crippen LogP contribution is -2.25. The van der Waals surface area contributed by atoms with E-state index in [1.807, 2.05) is 18.8 Å². The summed E-state index contributed by atoms with van der Waals surface area (Å²) in [5.74, 6) is 0. The number of aryl methyl sites for hydroxylation is 2. The van der Waals surface area contributed by atoms with Gasteiger partial charge in [0.1, 0.15) is 0 Å². The van der Waals surface area contributed by atoms with Crippen molar-refractivity contribution in [3.8, 4) is 0 Å². The molecular weight excluding hydrogens is 262 g/mol. The minimum Gasteiger partial charge on any atom is -0.312 e. The van der Waals surface area contributed by atoms with Crippen LogP contribution in [0.2, 0.25) is 0 Å². The van der Waals surface area contributed by atoms with E-state index in [1.165, 1.54) is 21.6 Å². The third kappa shape index (κ3) is 3.65. The molecule has 2 aromatic carbocycles. The lowest BCUT2D eigenvalue weighted by Gasteiger charge is -2.24. The third-order valence-electron chi connectivity index (χ3n) is 3.74. The van der Waals surface area contributed by atoms with Crippen molar-refractivity contribution in [1.82, 2.24) is 5.32 Å². The van der Waals surface area contributed by atoms with Gasteiger partial charge in [-0.25, -0.2) is 0 Å². The molecule has 0 aliphatic rings. The smallest absolute Gasteiger partial charge is 0.0438 e. The van der Waals surface area contributed by atoms with Crippen LogP contribution in [-0.4, -0.2) is 12.3 Å². The first kappa shape index (κ1) is 15.1. The second-order valence-electron chi connectivity index (χ2n) is 5.25. The first-order chi connectivity index (χ1) is 9.61. The van der Waals surface area contributed by atoms with E-state index in [0.717, 1.165) is 0 Å². The van der Waals surface area contributed by atoms with Crippen molar-refractivity contribution < 1.29 is 0 Å². The second-order valence-corrected chi connectivity index (χ2v) is 6.70. The zero-order valence-corrected chi connectivity index (χ0v) is 13.5. The normalized spacial score (nSPS) is 14.0. The molecule has 0 bridgehead atoms. The van der Waals surface area contributed by atoms with Gasteiger partial charge in [0.2, 0.25) is 0 Å². The average molecular weight is 285 g/mol. The molecule has 1 N–H and O–H groups in total. The lowest BCUT2D eigenvalue weighted by atomic mass is 10.0. The fraction of sp³-hybridized carbons (Fsp3) is 0.333. The molecule has 1 nitrogen and oxygen atoms in total. The summed E-state index contributed by atoms with van der Waals surface area (Å²) >= 11 is 1.93. The Morgan fingerprint density at radius 1 is 0.950 bits per heavy atom. The molecule has 2 aromatic rings. The average Bonchev–Trinajstić information content (AvgIpc) is 2.45. The minimum absolute atomic E-state index is 0.364. The zero-order valence-electron chi connectivity index (χ0n) is 12.7. The van der Waals surface area contributed by atoms with E-state index in [2.05, 4.69) is 74.6 Å². The molecule has 0 aliphatic carbocycles. The summed E-state index contributed by atoms with van der Waals surface area (Å²) in [6, 6.07) is 17.7. The van der Waals surface area contributed by atoms with Crippen LogP contribution in [0.25, 0.3) is 0 Å². The molecule has 2 unspecified atom stereocenters. The van der Waals surface area contributed by atoms with Crippen LogP contribution >= 0.6 is 11.8 Å². The molecule has 20 heavy (non-hydrogen) atoms. The Kier molecular flexibility index (Phi) is 5.27. The first-order valence-corrected chi connectivity index (χ1v) is 7.96. The van der Waals surface area contributed by atoms with Gasteiger partial charge in [0.05, 0.1) is 0 Å². The number of rotatable bonds is 5. The van der Waals surface area contributed by atoms with Crippen molar-refractivity contribution in [3.63, 3.8) is 0 Å². The quantitative estimate of drug-likeness (QED) is 0.796. The maximum Gasteiger partial charge on any atom is 0.0438 e. The largest absolute Gasteiger partial charge is 0.312 e. The van der Waals surface area contributed by atoms with Crippen molar-refractivity contribution in [3.05, 3.63) is 65.2 Å². The Balaban J connectivity index is 2.13. The van der Waals surface area contributed by atoms with Gasteiger partial charge < -0.3 is 5.32 Å². The highest BCUT2D eigenvalue weighted by Gasteiger charge is 2.18. The topological polar surface area (TPSA) is 12.0 Å². The van der Waals surface area contributed by atoms with E-state index < -0.39 is 0 Å². The van der Waals surface area contributed by atoms with Crippen LogP contribution in [0.15, 0.2) is 53.4 Å². The standard InChI is InChI=1S/C18H23NS/c1-13-10-11-17(12-14(13)2)20-15(3)18(19-4)16-8-6-5-7-9-16/h5-12,15,18-19H,1-4H3. The van der Waals surface area contributed by atoms with E-state index >= 15 is 0 Å². The van der Waals surface area contributed by atoms with Crippen LogP contribution in [-0.2, 0) is 0 Å². The van der Waals surface area contributed by atoms with Crippen LogP contribution in [0.3, 0.4) is 0 Å². The molecule has 0 heterocycles. The summed E-state index contributed by atoms with van der Waals surface area (Å²) in [7, 11) is 2.04. The van der Waals surface area contributed by atoms with Gasteiger partial charge in [0.15, 0.2) is 0 Å². The lowest BCUT2D eigenvalue weighted by molar-refractivity contribution is 0.589. The molecule has 0 radical (unpaired) electrons. The molecule has 2 heteroatoms. The molecular formula is C18H23NS. The predicted molar refractivity (Wildman–Crippen MR) is 89.5 cm³/mol.